The molecular formula is C6H5BrN4. The predicted molar refractivity (Wildman–Crippen MR) is 44.5 cm³/mol. The van der Waals surface area contributed by atoms with E-state index >= 15 is 0 Å². The van der Waals surface area contributed by atoms with Gasteiger partial charge in [0, 0.05) is 0 Å². The lowest BCUT2D eigenvalue weighted by atomic mass is 10.4. The molecule has 0 radical (unpaired) electrons. The maximum atomic E-state index is 8.45. The van der Waals surface area contributed by atoms with Crippen molar-refractivity contribution in [3.8, 4) is 6.07 Å². The van der Waals surface area contributed by atoms with Crippen molar-refractivity contribution >= 4 is 21.7 Å². The summed E-state index contributed by atoms with van der Waals surface area (Å²) >= 11 is 3.21. The second-order valence-corrected chi connectivity index (χ2v) is 2.64. The van der Waals surface area contributed by atoms with Crippen LogP contribution in [0.25, 0.3) is 0 Å². The molecule has 0 spiro atoms. The van der Waals surface area contributed by atoms with Crippen LogP contribution < -0.4 is 11.3 Å². The minimum Gasteiger partial charge on any atom is -0.307 e. The highest BCUT2D eigenvalue weighted by Gasteiger charge is 1.99. The van der Waals surface area contributed by atoms with Crippen LogP contribution in [-0.2, 0) is 0 Å². The van der Waals surface area contributed by atoms with Crippen molar-refractivity contribution in [3.05, 3.63) is 22.3 Å². The Morgan fingerprint density at radius 3 is 2.91 bits per heavy atom. The van der Waals surface area contributed by atoms with Crippen molar-refractivity contribution < 1.29 is 0 Å². The monoisotopic (exact) mass is 212 g/mol. The molecule has 0 aromatic carbocycles. The fraction of sp³-hybridized carbons (Fsp3) is 0. The molecule has 0 saturated heterocycles. The number of halogens is 1. The van der Waals surface area contributed by atoms with Crippen LogP contribution >= 0.6 is 15.9 Å². The first-order valence-electron chi connectivity index (χ1n) is 2.81. The minimum absolute atomic E-state index is 0.334. The molecule has 3 N–H and O–H groups in total. The van der Waals surface area contributed by atoms with E-state index in [1.54, 1.807) is 12.1 Å². The molecule has 0 unspecified atom stereocenters. The van der Waals surface area contributed by atoms with Crippen molar-refractivity contribution in [2.75, 3.05) is 5.43 Å². The Labute approximate surface area is 72.1 Å². The zero-order chi connectivity index (χ0) is 8.27. The van der Waals surface area contributed by atoms with Gasteiger partial charge in [0.1, 0.15) is 11.8 Å². The summed E-state index contributed by atoms with van der Waals surface area (Å²) in [6.45, 7) is 0. The lowest BCUT2D eigenvalue weighted by molar-refractivity contribution is 1.19. The van der Waals surface area contributed by atoms with Gasteiger partial charge in [-0.3, -0.25) is 0 Å². The Morgan fingerprint density at radius 1 is 1.64 bits per heavy atom. The van der Waals surface area contributed by atoms with Gasteiger partial charge in [0.2, 0.25) is 0 Å². The van der Waals surface area contributed by atoms with E-state index in [9.17, 15) is 0 Å². The van der Waals surface area contributed by atoms with Crippen molar-refractivity contribution in [3.63, 3.8) is 0 Å². The van der Waals surface area contributed by atoms with Crippen LogP contribution in [0.5, 0.6) is 0 Å². The number of nitrogen functional groups attached to an aromatic ring is 1. The van der Waals surface area contributed by atoms with E-state index in [4.69, 9.17) is 11.1 Å². The molecule has 5 heteroatoms. The number of nitrogens with two attached hydrogens (primary N) is 1. The van der Waals surface area contributed by atoms with Crippen molar-refractivity contribution in [1.29, 1.82) is 5.26 Å². The van der Waals surface area contributed by atoms with Gasteiger partial charge in [-0.25, -0.2) is 10.8 Å². The van der Waals surface area contributed by atoms with Gasteiger partial charge in [0.05, 0.1) is 4.47 Å². The smallest absolute Gasteiger partial charge is 0.155 e. The Hall–Kier alpha value is -1.12. The van der Waals surface area contributed by atoms with Gasteiger partial charge in [-0.15, -0.1) is 0 Å². The van der Waals surface area contributed by atoms with E-state index in [0.717, 1.165) is 4.47 Å². The lowest BCUT2D eigenvalue weighted by Gasteiger charge is -2.00. The van der Waals surface area contributed by atoms with Gasteiger partial charge >= 0.3 is 0 Å². The van der Waals surface area contributed by atoms with Crippen LogP contribution in [0.4, 0.5) is 5.82 Å². The zero-order valence-corrected chi connectivity index (χ0v) is 7.09. The van der Waals surface area contributed by atoms with Crippen LogP contribution in [0, 0.1) is 11.3 Å². The first-order valence-corrected chi connectivity index (χ1v) is 3.60. The molecule has 1 rings (SSSR count). The average molecular weight is 213 g/mol. The minimum atomic E-state index is 0.334. The second-order valence-electron chi connectivity index (χ2n) is 1.78. The third-order valence-electron chi connectivity index (χ3n) is 1.10. The molecule has 0 aliphatic rings. The molecular weight excluding hydrogens is 208 g/mol. The van der Waals surface area contributed by atoms with Crippen molar-refractivity contribution in [1.82, 2.24) is 4.98 Å². The molecule has 56 valence electrons. The number of nitriles is 1. The van der Waals surface area contributed by atoms with Crippen molar-refractivity contribution in [2.24, 2.45) is 5.84 Å². The highest BCUT2D eigenvalue weighted by molar-refractivity contribution is 9.10. The van der Waals surface area contributed by atoms with Crippen molar-refractivity contribution in [2.45, 2.75) is 0 Å². The van der Waals surface area contributed by atoms with E-state index in [1.165, 1.54) is 0 Å². The average Bonchev–Trinajstić information content (AvgIpc) is 2.05. The summed E-state index contributed by atoms with van der Waals surface area (Å²) < 4.78 is 0.735. The van der Waals surface area contributed by atoms with Crippen LogP contribution in [0.2, 0.25) is 0 Å². The van der Waals surface area contributed by atoms with E-state index in [0.29, 0.717) is 11.5 Å². The summed E-state index contributed by atoms with van der Waals surface area (Å²) in [6, 6.07) is 5.21. The van der Waals surface area contributed by atoms with Gasteiger partial charge in [-0.05, 0) is 28.1 Å². The number of hydrogen-bond acceptors (Lipinski definition) is 4. The lowest BCUT2D eigenvalue weighted by Crippen LogP contribution is -2.09. The first kappa shape index (κ1) is 7.98. The van der Waals surface area contributed by atoms with Crippen LogP contribution in [0.3, 0.4) is 0 Å². The van der Waals surface area contributed by atoms with Gasteiger partial charge in [-0.2, -0.15) is 5.26 Å². The van der Waals surface area contributed by atoms with E-state index < -0.39 is 0 Å². The molecule has 0 fully saturated rings. The number of anilines is 1. The summed E-state index contributed by atoms with van der Waals surface area (Å²) in [4.78, 5) is 3.87. The third-order valence-corrected chi connectivity index (χ3v) is 1.74. The molecule has 0 aliphatic carbocycles. The van der Waals surface area contributed by atoms with E-state index in [2.05, 4.69) is 26.3 Å². The Morgan fingerprint density at radius 2 is 2.36 bits per heavy atom. The summed E-state index contributed by atoms with van der Waals surface area (Å²) in [6.07, 6.45) is 0. The second kappa shape index (κ2) is 3.32. The Kier molecular flexibility index (Phi) is 2.41. The normalized spacial score (nSPS) is 8.82. The number of rotatable bonds is 1. The highest BCUT2D eigenvalue weighted by atomic mass is 79.9. The van der Waals surface area contributed by atoms with Gasteiger partial charge < -0.3 is 5.43 Å². The largest absolute Gasteiger partial charge is 0.307 e. The number of aromatic nitrogens is 1. The van der Waals surface area contributed by atoms with Gasteiger partial charge in [0.15, 0.2) is 5.82 Å². The molecule has 1 heterocycles. The molecule has 0 saturated carbocycles. The highest BCUT2D eigenvalue weighted by Crippen LogP contribution is 2.18. The SMILES string of the molecule is N#Cc1ccc(Br)c(NN)n1. The summed E-state index contributed by atoms with van der Waals surface area (Å²) in [7, 11) is 0. The number of hydrogen-bond donors (Lipinski definition) is 2. The maximum Gasteiger partial charge on any atom is 0.155 e. The van der Waals surface area contributed by atoms with Crippen LogP contribution in [0.15, 0.2) is 16.6 Å². The Balaban J connectivity index is 3.15. The van der Waals surface area contributed by atoms with E-state index in [-0.39, 0.29) is 0 Å². The number of nitrogens with one attached hydrogen (secondary N) is 1. The number of nitrogens with zero attached hydrogens (tertiary/aromatic N) is 2. The van der Waals surface area contributed by atoms with Gasteiger partial charge in [0.25, 0.3) is 0 Å². The maximum absolute atomic E-state index is 8.45. The Bertz CT molecular complexity index is 304. The number of hydrazine groups is 1. The summed E-state index contributed by atoms with van der Waals surface area (Å²) in [5.41, 5.74) is 2.70. The van der Waals surface area contributed by atoms with E-state index in [1.807, 2.05) is 6.07 Å². The van der Waals surface area contributed by atoms with Crippen LogP contribution in [0.1, 0.15) is 5.69 Å². The molecule has 0 amide bonds. The summed E-state index contributed by atoms with van der Waals surface area (Å²) in [5.74, 6) is 5.58. The molecule has 0 bridgehead atoms. The van der Waals surface area contributed by atoms with Crippen LogP contribution in [-0.4, -0.2) is 4.98 Å². The van der Waals surface area contributed by atoms with Gasteiger partial charge in [-0.1, -0.05) is 0 Å². The molecule has 0 atom stereocenters. The zero-order valence-electron chi connectivity index (χ0n) is 5.50. The number of pyridine rings is 1. The molecule has 0 aliphatic heterocycles. The topological polar surface area (TPSA) is 74.7 Å². The molecule has 11 heavy (non-hydrogen) atoms. The standard InChI is InChI=1S/C6H5BrN4/c7-5-2-1-4(3-8)10-6(5)11-9/h1-2H,9H2,(H,10,11). The quantitative estimate of drug-likeness (QED) is 0.539. The molecule has 4 nitrogen and oxygen atoms in total. The fourth-order valence-electron chi connectivity index (χ4n) is 0.606. The summed E-state index contributed by atoms with van der Waals surface area (Å²) in [5, 5.41) is 8.45. The predicted octanol–water partition coefficient (Wildman–Crippen LogP) is 1.00. The molecule has 1 aromatic heterocycles. The third kappa shape index (κ3) is 1.67. The molecule has 1 aromatic rings. The first-order chi connectivity index (χ1) is 5.27. The fourth-order valence-corrected chi connectivity index (χ4v) is 0.941.